The minimum atomic E-state index is 0.293. The third-order valence-corrected chi connectivity index (χ3v) is 2.80. The third kappa shape index (κ3) is 3.48. The zero-order valence-corrected chi connectivity index (χ0v) is 12.5. The Labute approximate surface area is 123 Å². The van der Waals surface area contributed by atoms with Gasteiger partial charge in [0.25, 0.3) is 0 Å². The van der Waals surface area contributed by atoms with Gasteiger partial charge in [-0.2, -0.15) is 15.0 Å². The molecule has 0 saturated heterocycles. The number of nitrogens with zero attached hydrogens (tertiary/aromatic N) is 4. The van der Waals surface area contributed by atoms with Gasteiger partial charge in [-0.1, -0.05) is 0 Å². The molecule has 4 N–H and O–H groups in total. The Morgan fingerprint density at radius 1 is 1.14 bits per heavy atom. The van der Waals surface area contributed by atoms with Crippen molar-refractivity contribution in [3.8, 4) is 5.75 Å². The Morgan fingerprint density at radius 2 is 1.86 bits per heavy atom. The monoisotopic (exact) mass is 289 g/mol. The fourth-order valence-corrected chi connectivity index (χ4v) is 1.77. The van der Waals surface area contributed by atoms with E-state index in [1.165, 1.54) is 0 Å². The van der Waals surface area contributed by atoms with Crippen LogP contribution in [-0.2, 0) is 0 Å². The van der Waals surface area contributed by atoms with E-state index in [0.717, 1.165) is 17.0 Å². The standard InChI is InChI=1S/C13H19N7O/c1-8-7-9(5-6-10(8)21-4)15-11-16-12(19-14)18-13(17-11)20(2)3/h5-7H,14H2,1-4H3,(H2,15,16,17,18,19). The molecule has 0 bridgehead atoms. The molecule has 0 aliphatic rings. The fourth-order valence-electron chi connectivity index (χ4n) is 1.77. The van der Waals surface area contributed by atoms with Gasteiger partial charge >= 0.3 is 0 Å². The van der Waals surface area contributed by atoms with Crippen molar-refractivity contribution < 1.29 is 4.74 Å². The maximum Gasteiger partial charge on any atom is 0.243 e. The number of benzene rings is 1. The summed E-state index contributed by atoms with van der Waals surface area (Å²) in [7, 11) is 5.33. The molecule has 0 spiro atoms. The summed E-state index contributed by atoms with van der Waals surface area (Å²) in [6.07, 6.45) is 0. The van der Waals surface area contributed by atoms with Gasteiger partial charge in [0, 0.05) is 19.8 Å². The van der Waals surface area contributed by atoms with Crippen LogP contribution >= 0.6 is 0 Å². The fraction of sp³-hybridized carbons (Fsp3) is 0.308. The average Bonchev–Trinajstić information content (AvgIpc) is 2.47. The largest absolute Gasteiger partial charge is 0.496 e. The second-order valence-electron chi connectivity index (χ2n) is 4.63. The van der Waals surface area contributed by atoms with Crippen molar-refractivity contribution in [3.63, 3.8) is 0 Å². The molecule has 0 fully saturated rings. The highest BCUT2D eigenvalue weighted by atomic mass is 16.5. The number of nitrogens with one attached hydrogen (secondary N) is 2. The molecule has 1 aromatic heterocycles. The smallest absolute Gasteiger partial charge is 0.243 e. The maximum atomic E-state index is 5.38. The van der Waals surface area contributed by atoms with Gasteiger partial charge in [-0.25, -0.2) is 5.84 Å². The Kier molecular flexibility index (Phi) is 4.39. The summed E-state index contributed by atoms with van der Waals surface area (Å²) in [5.41, 5.74) is 4.30. The van der Waals surface area contributed by atoms with Gasteiger partial charge in [0.05, 0.1) is 7.11 Å². The van der Waals surface area contributed by atoms with E-state index in [1.807, 2.05) is 39.2 Å². The van der Waals surface area contributed by atoms with E-state index >= 15 is 0 Å². The number of anilines is 4. The number of aryl methyl sites for hydroxylation is 1. The van der Waals surface area contributed by atoms with Crippen molar-refractivity contribution in [3.05, 3.63) is 23.8 Å². The third-order valence-electron chi connectivity index (χ3n) is 2.80. The molecular weight excluding hydrogens is 270 g/mol. The van der Waals surface area contributed by atoms with Crippen molar-refractivity contribution in [1.82, 2.24) is 15.0 Å². The lowest BCUT2D eigenvalue weighted by Crippen LogP contribution is -2.18. The number of ether oxygens (including phenoxy) is 1. The van der Waals surface area contributed by atoms with E-state index in [1.54, 1.807) is 12.0 Å². The molecule has 8 nitrogen and oxygen atoms in total. The minimum Gasteiger partial charge on any atom is -0.496 e. The summed E-state index contributed by atoms with van der Waals surface area (Å²) < 4.78 is 5.24. The molecule has 0 radical (unpaired) electrons. The second-order valence-corrected chi connectivity index (χ2v) is 4.63. The predicted molar refractivity (Wildman–Crippen MR) is 83.0 cm³/mol. The van der Waals surface area contributed by atoms with Crippen LogP contribution < -0.4 is 26.2 Å². The van der Waals surface area contributed by atoms with Gasteiger partial charge in [-0.05, 0) is 30.7 Å². The number of hydrogen-bond acceptors (Lipinski definition) is 8. The van der Waals surface area contributed by atoms with E-state index in [0.29, 0.717) is 17.8 Å². The van der Waals surface area contributed by atoms with Gasteiger partial charge in [0.15, 0.2) is 0 Å². The summed E-state index contributed by atoms with van der Waals surface area (Å²) in [6.45, 7) is 1.97. The van der Waals surface area contributed by atoms with Crippen LogP contribution in [0.25, 0.3) is 0 Å². The molecule has 8 heteroatoms. The first-order valence-electron chi connectivity index (χ1n) is 6.35. The first-order chi connectivity index (χ1) is 10.0. The lowest BCUT2D eigenvalue weighted by molar-refractivity contribution is 0.412. The van der Waals surface area contributed by atoms with Gasteiger partial charge in [-0.3, -0.25) is 5.43 Å². The molecule has 0 aliphatic heterocycles. The highest BCUT2D eigenvalue weighted by Crippen LogP contribution is 2.23. The van der Waals surface area contributed by atoms with Crippen LogP contribution in [0.3, 0.4) is 0 Å². The molecule has 0 unspecified atom stereocenters. The molecule has 0 atom stereocenters. The van der Waals surface area contributed by atoms with E-state index < -0.39 is 0 Å². The Hall–Kier alpha value is -2.61. The topological polar surface area (TPSA) is 101 Å². The quantitative estimate of drug-likeness (QED) is 0.559. The molecule has 21 heavy (non-hydrogen) atoms. The lowest BCUT2D eigenvalue weighted by atomic mass is 10.2. The summed E-state index contributed by atoms with van der Waals surface area (Å²) in [5, 5.41) is 3.13. The SMILES string of the molecule is COc1ccc(Nc2nc(NN)nc(N(C)C)n2)cc1C. The van der Waals surface area contributed by atoms with Crippen LogP contribution in [0.15, 0.2) is 18.2 Å². The van der Waals surface area contributed by atoms with E-state index in [9.17, 15) is 0 Å². The van der Waals surface area contributed by atoms with Crippen LogP contribution in [0.1, 0.15) is 5.56 Å². The number of nitrogens with two attached hydrogens (primary N) is 1. The number of hydrazine groups is 1. The van der Waals surface area contributed by atoms with Gasteiger partial charge in [0.2, 0.25) is 17.8 Å². The van der Waals surface area contributed by atoms with E-state index in [4.69, 9.17) is 10.6 Å². The molecule has 0 saturated carbocycles. The molecule has 112 valence electrons. The summed E-state index contributed by atoms with van der Waals surface area (Å²) >= 11 is 0. The number of aromatic nitrogens is 3. The molecule has 1 heterocycles. The first-order valence-corrected chi connectivity index (χ1v) is 6.35. The van der Waals surface area contributed by atoms with Crippen LogP contribution in [0.5, 0.6) is 5.75 Å². The van der Waals surface area contributed by atoms with Gasteiger partial charge < -0.3 is 15.0 Å². The second kappa shape index (κ2) is 6.23. The highest BCUT2D eigenvalue weighted by Gasteiger charge is 2.08. The zero-order valence-electron chi connectivity index (χ0n) is 12.5. The molecule has 0 aliphatic carbocycles. The van der Waals surface area contributed by atoms with Crippen molar-refractivity contribution in [1.29, 1.82) is 0 Å². The molecule has 0 amide bonds. The van der Waals surface area contributed by atoms with Crippen molar-refractivity contribution >= 4 is 23.5 Å². The molecule has 2 rings (SSSR count). The van der Waals surface area contributed by atoms with Gasteiger partial charge in [-0.15, -0.1) is 0 Å². The van der Waals surface area contributed by atoms with Crippen LogP contribution in [0, 0.1) is 6.92 Å². The zero-order chi connectivity index (χ0) is 15.4. The van der Waals surface area contributed by atoms with Crippen LogP contribution in [0.4, 0.5) is 23.5 Å². The minimum absolute atomic E-state index is 0.293. The lowest BCUT2D eigenvalue weighted by Gasteiger charge is -2.13. The number of nitrogen functional groups attached to an aromatic ring is 1. The Bertz CT molecular complexity index is 630. The van der Waals surface area contributed by atoms with E-state index in [-0.39, 0.29) is 0 Å². The Morgan fingerprint density at radius 3 is 2.43 bits per heavy atom. The predicted octanol–water partition coefficient (Wildman–Crippen LogP) is 1.28. The highest BCUT2D eigenvalue weighted by molar-refractivity contribution is 5.58. The normalized spacial score (nSPS) is 10.1. The summed E-state index contributed by atoms with van der Waals surface area (Å²) in [6, 6.07) is 5.72. The number of methoxy groups -OCH3 is 1. The van der Waals surface area contributed by atoms with E-state index in [2.05, 4.69) is 25.7 Å². The van der Waals surface area contributed by atoms with Crippen LogP contribution in [-0.4, -0.2) is 36.2 Å². The molecular formula is C13H19N7O. The first kappa shape index (κ1) is 14.8. The van der Waals surface area contributed by atoms with Crippen molar-refractivity contribution in [2.75, 3.05) is 36.8 Å². The van der Waals surface area contributed by atoms with Crippen molar-refractivity contribution in [2.45, 2.75) is 6.92 Å². The summed E-state index contributed by atoms with van der Waals surface area (Å²) in [4.78, 5) is 14.4. The summed E-state index contributed by atoms with van der Waals surface area (Å²) in [5.74, 6) is 7.41. The molecule has 1 aromatic carbocycles. The maximum absolute atomic E-state index is 5.38. The van der Waals surface area contributed by atoms with Crippen LogP contribution in [0.2, 0.25) is 0 Å². The Balaban J connectivity index is 2.30. The van der Waals surface area contributed by atoms with Gasteiger partial charge in [0.1, 0.15) is 5.75 Å². The molecule has 2 aromatic rings. The number of rotatable bonds is 5. The number of hydrogen-bond donors (Lipinski definition) is 3. The average molecular weight is 289 g/mol. The van der Waals surface area contributed by atoms with Crippen molar-refractivity contribution in [2.24, 2.45) is 5.84 Å².